The van der Waals surface area contributed by atoms with Gasteiger partial charge >= 0.3 is 0 Å². The van der Waals surface area contributed by atoms with Gasteiger partial charge in [0.1, 0.15) is 5.52 Å². The van der Waals surface area contributed by atoms with Crippen molar-refractivity contribution in [3.63, 3.8) is 0 Å². The van der Waals surface area contributed by atoms with Crippen molar-refractivity contribution in [1.82, 2.24) is 4.98 Å². The molecule has 3 nitrogen and oxygen atoms in total. The van der Waals surface area contributed by atoms with Crippen LogP contribution in [0.2, 0.25) is 0 Å². The monoisotopic (exact) mass is 252 g/mol. The third-order valence-electron chi connectivity index (χ3n) is 3.30. The third-order valence-corrected chi connectivity index (χ3v) is 3.30. The number of anilines is 1. The van der Waals surface area contributed by atoms with Crippen molar-refractivity contribution in [2.75, 3.05) is 5.73 Å². The van der Waals surface area contributed by atoms with E-state index in [9.17, 15) is 0 Å². The number of hydrogen-bond acceptors (Lipinski definition) is 3. The average Bonchev–Trinajstić information content (AvgIpc) is 2.83. The van der Waals surface area contributed by atoms with Crippen LogP contribution in [0, 0.1) is 6.92 Å². The molecule has 0 aliphatic carbocycles. The molecule has 1 aromatic heterocycles. The standard InChI is InChI=1S/C16H16N2O/c1-3-11-5-7-15-14(9-11)18-16(19-15)12-8-10(2)4-6-13(12)17/h4-9H,3,17H2,1-2H3. The van der Waals surface area contributed by atoms with Gasteiger partial charge in [-0.25, -0.2) is 4.98 Å². The van der Waals surface area contributed by atoms with Crippen molar-refractivity contribution in [2.45, 2.75) is 20.3 Å². The first-order valence-corrected chi connectivity index (χ1v) is 6.43. The fraction of sp³-hybridized carbons (Fsp3) is 0.188. The Kier molecular flexibility index (Phi) is 2.75. The second-order valence-electron chi connectivity index (χ2n) is 4.77. The van der Waals surface area contributed by atoms with Crippen molar-refractivity contribution >= 4 is 16.8 Å². The van der Waals surface area contributed by atoms with E-state index in [1.54, 1.807) is 0 Å². The van der Waals surface area contributed by atoms with Gasteiger partial charge in [0.05, 0.1) is 5.56 Å². The van der Waals surface area contributed by atoms with Crippen molar-refractivity contribution in [1.29, 1.82) is 0 Å². The van der Waals surface area contributed by atoms with E-state index in [-0.39, 0.29) is 0 Å². The molecule has 2 aromatic carbocycles. The molecular weight excluding hydrogens is 236 g/mol. The van der Waals surface area contributed by atoms with Gasteiger partial charge in [-0.3, -0.25) is 0 Å². The lowest BCUT2D eigenvalue weighted by Crippen LogP contribution is -1.90. The molecule has 0 aliphatic heterocycles. The van der Waals surface area contributed by atoms with Gasteiger partial charge in [0, 0.05) is 5.69 Å². The van der Waals surface area contributed by atoms with E-state index in [0.717, 1.165) is 28.6 Å². The summed E-state index contributed by atoms with van der Waals surface area (Å²) in [5, 5.41) is 0. The molecule has 2 N–H and O–H groups in total. The Morgan fingerprint density at radius 1 is 1.16 bits per heavy atom. The zero-order valence-corrected chi connectivity index (χ0v) is 11.1. The van der Waals surface area contributed by atoms with Crippen molar-refractivity contribution < 1.29 is 4.42 Å². The predicted molar refractivity (Wildman–Crippen MR) is 78.0 cm³/mol. The third kappa shape index (κ3) is 2.08. The van der Waals surface area contributed by atoms with Gasteiger partial charge in [-0.1, -0.05) is 24.6 Å². The molecule has 1 heterocycles. The molecule has 0 unspecified atom stereocenters. The minimum Gasteiger partial charge on any atom is -0.436 e. The van der Waals surface area contributed by atoms with Gasteiger partial charge in [0.25, 0.3) is 0 Å². The van der Waals surface area contributed by atoms with E-state index in [1.807, 2.05) is 31.2 Å². The van der Waals surface area contributed by atoms with Crippen LogP contribution in [0.4, 0.5) is 5.69 Å². The highest BCUT2D eigenvalue weighted by Crippen LogP contribution is 2.29. The number of oxazole rings is 1. The van der Waals surface area contributed by atoms with Crippen LogP contribution in [0.1, 0.15) is 18.1 Å². The number of fused-ring (bicyclic) bond motifs is 1. The highest BCUT2D eigenvalue weighted by Gasteiger charge is 2.11. The number of nitrogens with zero attached hydrogens (tertiary/aromatic N) is 1. The molecule has 19 heavy (non-hydrogen) atoms. The van der Waals surface area contributed by atoms with Crippen LogP contribution in [-0.2, 0) is 6.42 Å². The molecule has 0 bridgehead atoms. The summed E-state index contributed by atoms with van der Waals surface area (Å²) in [5.41, 5.74) is 11.6. The van der Waals surface area contributed by atoms with E-state index in [4.69, 9.17) is 10.2 Å². The zero-order chi connectivity index (χ0) is 13.4. The first-order chi connectivity index (χ1) is 9.17. The highest BCUT2D eigenvalue weighted by atomic mass is 16.3. The Hall–Kier alpha value is -2.29. The number of aromatic nitrogens is 1. The first kappa shape index (κ1) is 11.8. The highest BCUT2D eigenvalue weighted by molar-refractivity contribution is 5.80. The topological polar surface area (TPSA) is 52.0 Å². The maximum absolute atomic E-state index is 6.00. The molecule has 3 rings (SSSR count). The second-order valence-corrected chi connectivity index (χ2v) is 4.77. The molecule has 3 heteroatoms. The van der Waals surface area contributed by atoms with Crippen molar-refractivity contribution in [3.05, 3.63) is 47.5 Å². The maximum atomic E-state index is 6.00. The summed E-state index contributed by atoms with van der Waals surface area (Å²) in [4.78, 5) is 4.55. The molecule has 0 radical (unpaired) electrons. The van der Waals surface area contributed by atoms with Crippen LogP contribution in [0.3, 0.4) is 0 Å². The van der Waals surface area contributed by atoms with E-state index in [0.29, 0.717) is 11.6 Å². The number of nitrogens with two attached hydrogens (primary N) is 1. The molecule has 0 saturated carbocycles. The Morgan fingerprint density at radius 3 is 2.79 bits per heavy atom. The largest absolute Gasteiger partial charge is 0.436 e. The summed E-state index contributed by atoms with van der Waals surface area (Å²) in [6.45, 7) is 4.15. The lowest BCUT2D eigenvalue weighted by molar-refractivity contribution is 0.620. The lowest BCUT2D eigenvalue weighted by Gasteiger charge is -2.01. The molecule has 0 aliphatic rings. The Morgan fingerprint density at radius 2 is 2.00 bits per heavy atom. The van der Waals surface area contributed by atoms with Crippen LogP contribution in [0.5, 0.6) is 0 Å². The van der Waals surface area contributed by atoms with Crippen LogP contribution in [0.25, 0.3) is 22.6 Å². The quantitative estimate of drug-likeness (QED) is 0.702. The predicted octanol–water partition coefficient (Wildman–Crippen LogP) is 3.95. The first-order valence-electron chi connectivity index (χ1n) is 6.43. The number of rotatable bonds is 2. The van der Waals surface area contributed by atoms with E-state index < -0.39 is 0 Å². The van der Waals surface area contributed by atoms with Crippen LogP contribution in [-0.4, -0.2) is 4.98 Å². The lowest BCUT2D eigenvalue weighted by atomic mass is 10.1. The summed E-state index contributed by atoms with van der Waals surface area (Å²) in [7, 11) is 0. The van der Waals surface area contributed by atoms with Crippen LogP contribution >= 0.6 is 0 Å². The van der Waals surface area contributed by atoms with E-state index in [1.165, 1.54) is 5.56 Å². The average molecular weight is 252 g/mol. The van der Waals surface area contributed by atoms with E-state index >= 15 is 0 Å². The van der Waals surface area contributed by atoms with Gasteiger partial charge in [-0.2, -0.15) is 0 Å². The maximum Gasteiger partial charge on any atom is 0.229 e. The van der Waals surface area contributed by atoms with Gasteiger partial charge in [0.2, 0.25) is 5.89 Å². The molecular formula is C16H16N2O. The minimum atomic E-state index is 0.587. The summed E-state index contributed by atoms with van der Waals surface area (Å²) in [5.74, 6) is 0.587. The fourth-order valence-electron chi connectivity index (χ4n) is 2.16. The normalized spacial score (nSPS) is 11.1. The molecule has 0 saturated heterocycles. The van der Waals surface area contributed by atoms with E-state index in [2.05, 4.69) is 24.0 Å². The fourth-order valence-corrected chi connectivity index (χ4v) is 2.16. The number of benzene rings is 2. The minimum absolute atomic E-state index is 0.587. The smallest absolute Gasteiger partial charge is 0.229 e. The summed E-state index contributed by atoms with van der Waals surface area (Å²) < 4.78 is 5.80. The second kappa shape index (κ2) is 4.43. The number of aryl methyl sites for hydroxylation is 2. The van der Waals surface area contributed by atoms with Crippen molar-refractivity contribution in [3.8, 4) is 11.5 Å². The van der Waals surface area contributed by atoms with Crippen LogP contribution in [0.15, 0.2) is 40.8 Å². The van der Waals surface area contributed by atoms with Gasteiger partial charge in [-0.15, -0.1) is 0 Å². The number of hydrogen-bond donors (Lipinski definition) is 1. The molecule has 3 aromatic rings. The molecule has 0 spiro atoms. The Labute approximate surface area is 112 Å². The summed E-state index contributed by atoms with van der Waals surface area (Å²) in [6.07, 6.45) is 0.991. The molecule has 96 valence electrons. The Bertz CT molecular complexity index is 744. The van der Waals surface area contributed by atoms with Gasteiger partial charge in [0.15, 0.2) is 5.58 Å². The zero-order valence-electron chi connectivity index (χ0n) is 11.1. The van der Waals surface area contributed by atoms with Crippen LogP contribution < -0.4 is 5.73 Å². The number of nitrogen functional groups attached to an aromatic ring is 1. The Balaban J connectivity index is 2.17. The molecule has 0 amide bonds. The SMILES string of the molecule is CCc1ccc2oc(-c3cc(C)ccc3N)nc2c1. The molecule has 0 fully saturated rings. The summed E-state index contributed by atoms with van der Waals surface area (Å²) in [6, 6.07) is 12.0. The summed E-state index contributed by atoms with van der Waals surface area (Å²) >= 11 is 0. The molecule has 0 atom stereocenters. The van der Waals surface area contributed by atoms with Gasteiger partial charge < -0.3 is 10.2 Å². The van der Waals surface area contributed by atoms with Gasteiger partial charge in [-0.05, 0) is 43.2 Å². The van der Waals surface area contributed by atoms with Crippen molar-refractivity contribution in [2.24, 2.45) is 0 Å².